The second-order valence-electron chi connectivity index (χ2n) is 8.31. The lowest BCUT2D eigenvalue weighted by Crippen LogP contribution is -2.04. The van der Waals surface area contributed by atoms with Gasteiger partial charge in [-0.05, 0) is 47.2 Å². The Morgan fingerprint density at radius 1 is 0.579 bits per heavy atom. The van der Waals surface area contributed by atoms with E-state index in [1.165, 1.54) is 24.3 Å². The van der Waals surface area contributed by atoms with E-state index in [2.05, 4.69) is 9.97 Å². The number of hydrogen-bond acceptors (Lipinski definition) is 10. The molecule has 12 nitrogen and oxygen atoms in total. The van der Waals surface area contributed by atoms with Crippen LogP contribution in [-0.2, 0) is 0 Å². The zero-order chi connectivity index (χ0) is 26.6. The first-order chi connectivity index (χ1) is 18.3. The average Bonchev–Trinajstić information content (AvgIpc) is 2.91. The van der Waals surface area contributed by atoms with Crippen LogP contribution in [0.4, 0.5) is 11.4 Å². The van der Waals surface area contributed by atoms with Crippen LogP contribution < -0.4 is 11.3 Å². The summed E-state index contributed by atoms with van der Waals surface area (Å²) in [5.74, 6) is 0.109. The summed E-state index contributed by atoms with van der Waals surface area (Å²) >= 11 is 0. The van der Waals surface area contributed by atoms with Gasteiger partial charge >= 0.3 is 11.3 Å². The Balaban J connectivity index is 1.39. The molecule has 2 aromatic heterocycles. The predicted molar refractivity (Wildman–Crippen MR) is 136 cm³/mol. The highest BCUT2D eigenvalue weighted by atomic mass is 16.6. The smallest absolute Gasteiger partial charge is 0.347 e. The summed E-state index contributed by atoms with van der Waals surface area (Å²) in [6.45, 7) is 0. The maximum atomic E-state index is 12.5. The van der Waals surface area contributed by atoms with E-state index in [1.807, 2.05) is 0 Å². The van der Waals surface area contributed by atoms with E-state index in [9.17, 15) is 29.8 Å². The Morgan fingerprint density at radius 3 is 1.39 bits per heavy atom. The van der Waals surface area contributed by atoms with Crippen LogP contribution in [0, 0.1) is 20.2 Å². The molecular formula is C26H12N4O8. The number of nitro benzene ring substituents is 2. The molecule has 0 fully saturated rings. The molecule has 0 saturated carbocycles. The number of non-ortho nitro benzene ring substituents is 2. The quantitative estimate of drug-likeness (QED) is 0.233. The van der Waals surface area contributed by atoms with Gasteiger partial charge in [0.05, 0.1) is 31.7 Å². The maximum absolute atomic E-state index is 12.5. The molecule has 0 aliphatic rings. The van der Waals surface area contributed by atoms with Crippen LogP contribution in [0.5, 0.6) is 0 Å². The van der Waals surface area contributed by atoms with E-state index in [-0.39, 0.29) is 45.0 Å². The molecular weight excluding hydrogens is 496 g/mol. The Hall–Kier alpha value is -5.78. The fourth-order valence-corrected chi connectivity index (χ4v) is 4.11. The molecule has 184 valence electrons. The van der Waals surface area contributed by atoms with Crippen molar-refractivity contribution in [1.82, 2.24) is 9.97 Å². The molecule has 0 radical (unpaired) electrons. The first-order valence-electron chi connectivity index (χ1n) is 11.0. The zero-order valence-corrected chi connectivity index (χ0v) is 19.0. The minimum absolute atomic E-state index is 0.00682. The molecule has 0 aliphatic carbocycles. The summed E-state index contributed by atoms with van der Waals surface area (Å²) in [5, 5.41) is 23.5. The van der Waals surface area contributed by atoms with E-state index in [4.69, 9.17) is 8.83 Å². The molecule has 4 aromatic carbocycles. The fraction of sp³-hybridized carbons (Fsp3) is 0. The van der Waals surface area contributed by atoms with Gasteiger partial charge in [-0.15, -0.1) is 0 Å². The Labute approximate surface area is 209 Å². The highest BCUT2D eigenvalue weighted by Crippen LogP contribution is 2.29. The number of rotatable bonds is 4. The number of fused-ring (bicyclic) bond motifs is 3. The van der Waals surface area contributed by atoms with Crippen molar-refractivity contribution in [3.05, 3.63) is 114 Å². The van der Waals surface area contributed by atoms with Crippen molar-refractivity contribution in [2.24, 2.45) is 0 Å². The third-order valence-electron chi connectivity index (χ3n) is 5.98. The van der Waals surface area contributed by atoms with Gasteiger partial charge in [-0.3, -0.25) is 20.2 Å². The number of aromatic nitrogens is 2. The topological polar surface area (TPSA) is 172 Å². The molecule has 0 saturated heterocycles. The second-order valence-corrected chi connectivity index (χ2v) is 8.31. The molecule has 2 heterocycles. The maximum Gasteiger partial charge on any atom is 0.347 e. The monoisotopic (exact) mass is 508 g/mol. The van der Waals surface area contributed by atoms with Gasteiger partial charge in [0.25, 0.3) is 11.4 Å². The Bertz CT molecular complexity index is 1950. The van der Waals surface area contributed by atoms with Gasteiger partial charge in [0.15, 0.2) is 0 Å². The van der Waals surface area contributed by atoms with Gasteiger partial charge in [-0.1, -0.05) is 12.1 Å². The lowest BCUT2D eigenvalue weighted by atomic mass is 10.0. The third kappa shape index (κ3) is 3.82. The number of nitrogens with zero attached hydrogens (tertiary/aromatic N) is 4. The molecule has 38 heavy (non-hydrogen) atoms. The van der Waals surface area contributed by atoms with E-state index >= 15 is 0 Å². The minimum atomic E-state index is -0.744. The van der Waals surface area contributed by atoms with Crippen LogP contribution in [0.1, 0.15) is 0 Å². The standard InChI is InChI=1S/C26H12N4O8/c31-25-19-11-17(29(33)34)5-7-21(19)27-23(37-25)15-3-1-13-9-16(4-2-14(13)10-15)24-28-22-8-6-18(30(35)36)12-20(22)26(32)38-24/h1-12H. The lowest BCUT2D eigenvalue weighted by molar-refractivity contribution is -0.384. The summed E-state index contributed by atoms with van der Waals surface area (Å²) in [7, 11) is 0. The minimum Gasteiger partial charge on any atom is -0.403 e. The van der Waals surface area contributed by atoms with Gasteiger partial charge in [0.2, 0.25) is 11.8 Å². The zero-order valence-electron chi connectivity index (χ0n) is 19.0. The highest BCUT2D eigenvalue weighted by molar-refractivity contribution is 5.90. The van der Waals surface area contributed by atoms with Crippen LogP contribution in [0.15, 0.2) is 91.2 Å². The van der Waals surface area contributed by atoms with Crippen LogP contribution in [0.2, 0.25) is 0 Å². The normalized spacial score (nSPS) is 11.3. The summed E-state index contributed by atoms with van der Waals surface area (Å²) in [4.78, 5) is 54.4. The molecule has 0 amide bonds. The third-order valence-corrected chi connectivity index (χ3v) is 5.98. The van der Waals surface area contributed by atoms with Gasteiger partial charge in [0, 0.05) is 35.4 Å². The SMILES string of the molecule is O=c1oc(-c2ccc3cc(-c4nc5ccc([N+](=O)[O-])cc5c(=O)o4)ccc3c2)nc2ccc([N+](=O)[O-])cc12. The lowest BCUT2D eigenvalue weighted by Gasteiger charge is -2.06. The summed E-state index contributed by atoms with van der Waals surface area (Å²) in [5.41, 5.74) is -0.407. The molecule has 12 heteroatoms. The van der Waals surface area contributed by atoms with E-state index in [1.54, 1.807) is 36.4 Å². The molecule has 0 bridgehead atoms. The van der Waals surface area contributed by atoms with Crippen molar-refractivity contribution in [1.29, 1.82) is 0 Å². The van der Waals surface area contributed by atoms with E-state index < -0.39 is 21.1 Å². The van der Waals surface area contributed by atoms with Gasteiger partial charge in [-0.2, -0.15) is 0 Å². The number of benzene rings is 4. The Kier molecular flexibility index (Phi) is 5.02. The fourth-order valence-electron chi connectivity index (χ4n) is 4.11. The molecule has 0 spiro atoms. The number of hydrogen-bond donors (Lipinski definition) is 0. The van der Waals surface area contributed by atoms with Crippen molar-refractivity contribution in [2.75, 3.05) is 0 Å². The van der Waals surface area contributed by atoms with Crippen molar-refractivity contribution in [3.8, 4) is 22.9 Å². The van der Waals surface area contributed by atoms with Crippen molar-refractivity contribution < 1.29 is 18.7 Å². The van der Waals surface area contributed by atoms with E-state index in [0.29, 0.717) is 11.1 Å². The molecule has 0 aliphatic heterocycles. The first-order valence-corrected chi connectivity index (χ1v) is 11.0. The van der Waals surface area contributed by atoms with Crippen LogP contribution in [0.3, 0.4) is 0 Å². The molecule has 6 rings (SSSR count). The van der Waals surface area contributed by atoms with Crippen molar-refractivity contribution in [3.63, 3.8) is 0 Å². The largest absolute Gasteiger partial charge is 0.403 e. The summed E-state index contributed by atoms with van der Waals surface area (Å²) < 4.78 is 10.7. The second kappa shape index (κ2) is 8.41. The summed E-state index contributed by atoms with van der Waals surface area (Å²) in [6.07, 6.45) is 0. The predicted octanol–water partition coefficient (Wildman–Crippen LogP) is 4.99. The van der Waals surface area contributed by atoms with Gasteiger partial charge in [0.1, 0.15) is 0 Å². The van der Waals surface area contributed by atoms with Crippen LogP contribution >= 0.6 is 0 Å². The number of nitro groups is 2. The van der Waals surface area contributed by atoms with Gasteiger partial charge < -0.3 is 8.83 Å². The first kappa shape index (κ1) is 22.7. The van der Waals surface area contributed by atoms with Crippen LogP contribution in [0.25, 0.3) is 55.5 Å². The van der Waals surface area contributed by atoms with Crippen molar-refractivity contribution in [2.45, 2.75) is 0 Å². The molecule has 0 atom stereocenters. The van der Waals surface area contributed by atoms with E-state index in [0.717, 1.165) is 22.9 Å². The Morgan fingerprint density at radius 2 is 1.00 bits per heavy atom. The van der Waals surface area contributed by atoms with Gasteiger partial charge in [-0.25, -0.2) is 19.6 Å². The van der Waals surface area contributed by atoms with Crippen LogP contribution in [-0.4, -0.2) is 19.8 Å². The average molecular weight is 508 g/mol. The molecule has 6 aromatic rings. The summed E-state index contributed by atoms with van der Waals surface area (Å²) in [6, 6.07) is 18.0. The molecule has 0 unspecified atom stereocenters. The molecule has 0 N–H and O–H groups in total. The highest BCUT2D eigenvalue weighted by Gasteiger charge is 2.15. The van der Waals surface area contributed by atoms with Crippen molar-refractivity contribution >= 4 is 44.0 Å².